The molecule has 0 aliphatic carbocycles. The molecular weight excluding hydrogens is 404 g/mol. The van der Waals surface area contributed by atoms with Gasteiger partial charge in [-0.15, -0.1) is 0 Å². The number of benzene rings is 1. The number of nitro benzene ring substituents is 1. The van der Waals surface area contributed by atoms with E-state index in [1.165, 1.54) is 6.07 Å². The summed E-state index contributed by atoms with van der Waals surface area (Å²) in [5.74, 6) is 4.76. The van der Waals surface area contributed by atoms with Crippen LogP contribution in [0, 0.1) is 16.0 Å². The molecule has 164 valence electrons. The number of hydrogen-bond donors (Lipinski definition) is 1. The Balaban J connectivity index is 1.50. The van der Waals surface area contributed by atoms with Crippen molar-refractivity contribution in [1.29, 1.82) is 0 Å². The summed E-state index contributed by atoms with van der Waals surface area (Å²) in [6.45, 7) is 4.46. The van der Waals surface area contributed by atoms with Crippen LogP contribution < -0.4 is 10.2 Å². The van der Waals surface area contributed by atoms with Gasteiger partial charge in [0.15, 0.2) is 0 Å². The van der Waals surface area contributed by atoms with Crippen LogP contribution >= 0.6 is 0 Å². The first kappa shape index (κ1) is 21.1. The summed E-state index contributed by atoms with van der Waals surface area (Å²) in [4.78, 5) is 28.7. The minimum absolute atomic E-state index is 0.119. The number of nitro groups is 1. The largest absolute Gasteiger partial charge is 0.367 e. The van der Waals surface area contributed by atoms with Crippen LogP contribution in [0.5, 0.6) is 0 Å². The fourth-order valence-corrected chi connectivity index (χ4v) is 6.55. The molecule has 0 unspecified atom stereocenters. The fourth-order valence-electron chi connectivity index (χ4n) is 4.82. The first-order valence-corrected chi connectivity index (χ1v) is 12.8. The van der Waals surface area contributed by atoms with E-state index in [1.54, 1.807) is 12.1 Å². The molecule has 4 aliphatic heterocycles. The van der Waals surface area contributed by atoms with Crippen LogP contribution in [-0.4, -0.2) is 76.1 Å². The van der Waals surface area contributed by atoms with Gasteiger partial charge in [-0.05, 0) is 59.1 Å². The van der Waals surface area contributed by atoms with Crippen LogP contribution in [0.4, 0.5) is 11.4 Å². The van der Waals surface area contributed by atoms with Crippen molar-refractivity contribution in [1.82, 2.24) is 10.2 Å². The molecule has 8 nitrogen and oxygen atoms in total. The Morgan fingerprint density at radius 3 is 2.53 bits per heavy atom. The fraction of sp³-hybridized carbons (Fsp3) is 0.619. The quantitative estimate of drug-likeness (QED) is 0.431. The van der Waals surface area contributed by atoms with Crippen LogP contribution in [0.15, 0.2) is 18.2 Å². The number of rotatable bonds is 5. The molecule has 1 N–H and O–H groups in total. The molecule has 4 aliphatic rings. The molecule has 0 atom stereocenters. The predicted octanol–water partition coefficient (Wildman–Crippen LogP) is 1.74. The molecule has 4 saturated heterocycles. The van der Waals surface area contributed by atoms with E-state index in [9.17, 15) is 19.1 Å². The van der Waals surface area contributed by atoms with Crippen molar-refractivity contribution in [2.45, 2.75) is 31.7 Å². The average Bonchev–Trinajstić information content (AvgIpc) is 3.06. The minimum Gasteiger partial charge on any atom is -0.367 e. The second-order valence-electron chi connectivity index (χ2n) is 8.75. The SMILES string of the molecule is C=S1(=O)CCC(CNC(=O)c2cc(N3CCN4CCC3CC4)ccc2[N+](=O)[O-])CC1. The maximum Gasteiger partial charge on any atom is 0.282 e. The summed E-state index contributed by atoms with van der Waals surface area (Å²) in [7, 11) is -1.96. The number of piperidine rings is 1. The second-order valence-corrected chi connectivity index (χ2v) is 11.5. The molecule has 0 radical (unpaired) electrons. The lowest BCUT2D eigenvalue weighted by molar-refractivity contribution is -0.385. The average molecular weight is 435 g/mol. The van der Waals surface area contributed by atoms with E-state index in [-0.39, 0.29) is 17.2 Å². The molecule has 2 bridgehead atoms. The van der Waals surface area contributed by atoms with E-state index < -0.39 is 20.4 Å². The molecule has 0 aromatic heterocycles. The number of nitrogens with zero attached hydrogens (tertiary/aromatic N) is 3. The predicted molar refractivity (Wildman–Crippen MR) is 120 cm³/mol. The molecule has 5 rings (SSSR count). The third kappa shape index (κ3) is 4.62. The number of hydrogen-bond acceptors (Lipinski definition) is 6. The molecule has 1 amide bonds. The van der Waals surface area contributed by atoms with Gasteiger partial charge in [-0.2, -0.15) is 0 Å². The zero-order valence-corrected chi connectivity index (χ0v) is 18.1. The van der Waals surface area contributed by atoms with Gasteiger partial charge in [-0.25, -0.2) is 0 Å². The molecule has 30 heavy (non-hydrogen) atoms. The van der Waals surface area contributed by atoms with Gasteiger partial charge in [-0.1, -0.05) is 0 Å². The van der Waals surface area contributed by atoms with Crippen molar-refractivity contribution < 1.29 is 13.9 Å². The van der Waals surface area contributed by atoms with E-state index in [2.05, 4.69) is 21.0 Å². The summed E-state index contributed by atoms with van der Waals surface area (Å²) in [5.41, 5.74) is 0.839. The minimum atomic E-state index is -1.96. The summed E-state index contributed by atoms with van der Waals surface area (Å²) in [5, 5.41) is 14.4. The number of anilines is 1. The third-order valence-electron chi connectivity index (χ3n) is 6.76. The van der Waals surface area contributed by atoms with Crippen molar-refractivity contribution in [3.63, 3.8) is 0 Å². The zero-order chi connectivity index (χ0) is 21.3. The summed E-state index contributed by atoms with van der Waals surface area (Å²) < 4.78 is 12.0. The van der Waals surface area contributed by atoms with Crippen LogP contribution in [0.3, 0.4) is 0 Å². The number of amides is 1. The molecule has 0 spiro atoms. The summed E-state index contributed by atoms with van der Waals surface area (Å²) in [6.07, 6.45) is 3.68. The molecular formula is C21H30N4O4S. The summed E-state index contributed by atoms with van der Waals surface area (Å²) in [6, 6.07) is 5.33. The highest BCUT2D eigenvalue weighted by molar-refractivity contribution is 8.00. The standard InChI is InChI=1S/C21H30N4O4S/c1-30(29)12-6-16(7-13-30)15-22-21(26)19-14-18(2-3-20(19)25(27)28)24-11-10-23-8-4-17(24)5-9-23/h2-3,14,16-17H,1,4-13,15H2,(H,22,26). The van der Waals surface area contributed by atoms with Crippen molar-refractivity contribution in [2.75, 3.05) is 49.1 Å². The van der Waals surface area contributed by atoms with Gasteiger partial charge < -0.3 is 15.1 Å². The molecule has 4 heterocycles. The Kier molecular flexibility index (Phi) is 6.02. The Hall–Kier alpha value is -2.13. The number of carbonyl (C=O) groups excluding carboxylic acids is 1. The highest BCUT2D eigenvalue weighted by Gasteiger charge is 2.31. The Morgan fingerprint density at radius 1 is 1.17 bits per heavy atom. The number of carbonyl (C=O) groups is 1. The monoisotopic (exact) mass is 434 g/mol. The molecule has 0 saturated carbocycles. The van der Waals surface area contributed by atoms with Crippen LogP contribution in [-0.2, 0) is 9.52 Å². The lowest BCUT2D eigenvalue weighted by Crippen LogP contribution is -2.38. The summed E-state index contributed by atoms with van der Waals surface area (Å²) >= 11 is 0. The van der Waals surface area contributed by atoms with Gasteiger partial charge >= 0.3 is 0 Å². The molecule has 1 aromatic rings. The maximum absolute atomic E-state index is 12.9. The lowest BCUT2D eigenvalue weighted by atomic mass is 10.0. The van der Waals surface area contributed by atoms with E-state index >= 15 is 0 Å². The smallest absolute Gasteiger partial charge is 0.282 e. The number of fused-ring (bicyclic) bond motifs is 4. The van der Waals surface area contributed by atoms with Crippen molar-refractivity contribution in [3.8, 4) is 0 Å². The normalized spacial score (nSPS) is 31.2. The lowest BCUT2D eigenvalue weighted by Gasteiger charge is -2.33. The van der Waals surface area contributed by atoms with Gasteiger partial charge in [0, 0.05) is 62.0 Å². The van der Waals surface area contributed by atoms with Gasteiger partial charge in [-0.3, -0.25) is 19.1 Å². The first-order chi connectivity index (χ1) is 14.3. The van der Waals surface area contributed by atoms with Crippen LogP contribution in [0.1, 0.15) is 36.0 Å². The van der Waals surface area contributed by atoms with Crippen molar-refractivity contribution >= 4 is 32.7 Å². The van der Waals surface area contributed by atoms with Gasteiger partial charge in [0.25, 0.3) is 11.6 Å². The van der Waals surface area contributed by atoms with E-state index in [4.69, 9.17) is 0 Å². The number of nitrogens with one attached hydrogen (secondary N) is 1. The molecule has 9 heteroatoms. The highest BCUT2D eigenvalue weighted by Crippen LogP contribution is 2.31. The topological polar surface area (TPSA) is 95.8 Å². The van der Waals surface area contributed by atoms with Crippen LogP contribution in [0.25, 0.3) is 0 Å². The zero-order valence-electron chi connectivity index (χ0n) is 17.3. The second kappa shape index (κ2) is 8.55. The molecule has 1 aromatic carbocycles. The van der Waals surface area contributed by atoms with Gasteiger partial charge in [0.05, 0.1) is 4.92 Å². The maximum atomic E-state index is 12.9. The van der Waals surface area contributed by atoms with E-state index in [0.29, 0.717) is 24.1 Å². The first-order valence-electron chi connectivity index (χ1n) is 10.7. The van der Waals surface area contributed by atoms with Gasteiger partial charge in [0.2, 0.25) is 0 Å². The Bertz CT molecular complexity index is 911. The Morgan fingerprint density at radius 2 is 1.87 bits per heavy atom. The van der Waals surface area contributed by atoms with Gasteiger partial charge in [0.1, 0.15) is 5.56 Å². The van der Waals surface area contributed by atoms with Crippen LogP contribution in [0.2, 0.25) is 0 Å². The third-order valence-corrected chi connectivity index (χ3v) is 8.72. The Labute approximate surface area is 177 Å². The van der Waals surface area contributed by atoms with E-state index in [1.807, 2.05) is 0 Å². The highest BCUT2D eigenvalue weighted by atomic mass is 32.2. The van der Waals surface area contributed by atoms with Crippen molar-refractivity contribution in [3.05, 3.63) is 33.9 Å². The van der Waals surface area contributed by atoms with E-state index in [0.717, 1.165) is 57.5 Å². The van der Waals surface area contributed by atoms with Crippen molar-refractivity contribution in [2.24, 2.45) is 5.92 Å². The molecule has 4 fully saturated rings.